The lowest BCUT2D eigenvalue weighted by Gasteiger charge is -2.07. The number of hydrogen-bond acceptors (Lipinski definition) is 1. The molecule has 78 valence electrons. The maximum Gasteiger partial charge on any atom is 0.120 e. The second-order valence-corrected chi connectivity index (χ2v) is 4.54. The van der Waals surface area contributed by atoms with E-state index in [1.807, 2.05) is 0 Å². The van der Waals surface area contributed by atoms with Crippen LogP contribution in [0, 0.1) is 11.8 Å². The summed E-state index contributed by atoms with van der Waals surface area (Å²) in [5.41, 5.74) is 0. The molecule has 0 aromatic heterocycles. The SMILES string of the molecule is CC(C)CCCCCC(C)CC=O. The van der Waals surface area contributed by atoms with Crippen molar-refractivity contribution < 1.29 is 4.79 Å². The van der Waals surface area contributed by atoms with Gasteiger partial charge < -0.3 is 4.79 Å². The van der Waals surface area contributed by atoms with Crippen molar-refractivity contribution in [3.8, 4) is 0 Å². The van der Waals surface area contributed by atoms with Crippen molar-refractivity contribution in [3.05, 3.63) is 0 Å². The van der Waals surface area contributed by atoms with Crippen LogP contribution in [-0.4, -0.2) is 6.29 Å². The maximum absolute atomic E-state index is 10.2. The standard InChI is InChI=1S/C12H24O/c1-11(2)7-5-4-6-8-12(3)9-10-13/h10-12H,4-9H2,1-3H3. The zero-order valence-electron chi connectivity index (χ0n) is 9.38. The van der Waals surface area contributed by atoms with E-state index in [9.17, 15) is 4.79 Å². The Kier molecular flexibility index (Phi) is 8.07. The molecule has 0 aromatic rings. The molecule has 0 aliphatic heterocycles. The van der Waals surface area contributed by atoms with E-state index in [0.717, 1.165) is 18.6 Å². The second-order valence-electron chi connectivity index (χ2n) is 4.54. The summed E-state index contributed by atoms with van der Waals surface area (Å²) < 4.78 is 0. The van der Waals surface area contributed by atoms with E-state index in [2.05, 4.69) is 20.8 Å². The minimum atomic E-state index is 0.594. The van der Waals surface area contributed by atoms with Crippen molar-refractivity contribution in [1.82, 2.24) is 0 Å². The zero-order chi connectivity index (χ0) is 10.1. The molecule has 0 fully saturated rings. The van der Waals surface area contributed by atoms with Gasteiger partial charge in [0.15, 0.2) is 0 Å². The average molecular weight is 184 g/mol. The summed E-state index contributed by atoms with van der Waals surface area (Å²) >= 11 is 0. The van der Waals surface area contributed by atoms with Crippen LogP contribution in [0.5, 0.6) is 0 Å². The first-order valence-electron chi connectivity index (χ1n) is 5.60. The molecule has 0 aliphatic rings. The lowest BCUT2D eigenvalue weighted by atomic mass is 9.98. The molecule has 1 nitrogen and oxygen atoms in total. The topological polar surface area (TPSA) is 17.1 Å². The molecule has 0 rings (SSSR count). The first kappa shape index (κ1) is 12.7. The monoisotopic (exact) mass is 184 g/mol. The van der Waals surface area contributed by atoms with Gasteiger partial charge in [0.25, 0.3) is 0 Å². The molecule has 1 atom stereocenters. The van der Waals surface area contributed by atoms with E-state index in [1.165, 1.54) is 32.1 Å². The largest absolute Gasteiger partial charge is 0.303 e. The van der Waals surface area contributed by atoms with Crippen LogP contribution in [0.25, 0.3) is 0 Å². The lowest BCUT2D eigenvalue weighted by Crippen LogP contribution is -1.95. The highest BCUT2D eigenvalue weighted by atomic mass is 16.1. The van der Waals surface area contributed by atoms with Crippen LogP contribution in [0.15, 0.2) is 0 Å². The highest BCUT2D eigenvalue weighted by molar-refractivity contribution is 5.49. The Morgan fingerprint density at radius 1 is 1.00 bits per heavy atom. The van der Waals surface area contributed by atoms with Gasteiger partial charge in [-0.3, -0.25) is 0 Å². The third kappa shape index (κ3) is 9.59. The molecule has 0 amide bonds. The molecule has 0 spiro atoms. The fourth-order valence-corrected chi connectivity index (χ4v) is 1.50. The smallest absolute Gasteiger partial charge is 0.120 e. The number of unbranched alkanes of at least 4 members (excludes halogenated alkanes) is 2. The third-order valence-electron chi connectivity index (χ3n) is 2.48. The number of aldehydes is 1. The molecule has 1 unspecified atom stereocenters. The lowest BCUT2D eigenvalue weighted by molar-refractivity contribution is -0.108. The maximum atomic E-state index is 10.2. The van der Waals surface area contributed by atoms with Gasteiger partial charge in [0.05, 0.1) is 0 Å². The Bertz CT molecular complexity index is 118. The Morgan fingerprint density at radius 3 is 2.15 bits per heavy atom. The Balaban J connectivity index is 3.11. The zero-order valence-corrected chi connectivity index (χ0v) is 9.38. The summed E-state index contributed by atoms with van der Waals surface area (Å²) in [6.07, 6.45) is 8.33. The van der Waals surface area contributed by atoms with Gasteiger partial charge in [-0.25, -0.2) is 0 Å². The van der Waals surface area contributed by atoms with Gasteiger partial charge >= 0.3 is 0 Å². The molecular weight excluding hydrogens is 160 g/mol. The normalized spacial score (nSPS) is 13.2. The summed E-state index contributed by atoms with van der Waals surface area (Å²) in [5, 5.41) is 0. The van der Waals surface area contributed by atoms with Crippen LogP contribution in [-0.2, 0) is 4.79 Å². The van der Waals surface area contributed by atoms with Crippen molar-refractivity contribution in [2.75, 3.05) is 0 Å². The first-order chi connectivity index (χ1) is 6.16. The van der Waals surface area contributed by atoms with Crippen LogP contribution in [0.2, 0.25) is 0 Å². The van der Waals surface area contributed by atoms with E-state index >= 15 is 0 Å². The van der Waals surface area contributed by atoms with Crippen LogP contribution >= 0.6 is 0 Å². The summed E-state index contributed by atoms with van der Waals surface area (Å²) in [7, 11) is 0. The first-order valence-corrected chi connectivity index (χ1v) is 5.60. The summed E-state index contributed by atoms with van der Waals surface area (Å²) in [6, 6.07) is 0. The Labute approximate surface area is 82.9 Å². The van der Waals surface area contributed by atoms with Gasteiger partial charge in [-0.15, -0.1) is 0 Å². The fraction of sp³-hybridized carbons (Fsp3) is 0.917. The van der Waals surface area contributed by atoms with Crippen LogP contribution in [0.4, 0.5) is 0 Å². The molecule has 0 N–H and O–H groups in total. The van der Waals surface area contributed by atoms with Gasteiger partial charge in [-0.05, 0) is 11.8 Å². The molecule has 0 bridgehead atoms. The molecule has 0 aliphatic carbocycles. The molecular formula is C12H24O. The Morgan fingerprint density at radius 2 is 1.62 bits per heavy atom. The molecule has 13 heavy (non-hydrogen) atoms. The molecule has 0 saturated heterocycles. The van der Waals surface area contributed by atoms with E-state index in [-0.39, 0.29) is 0 Å². The molecule has 0 heterocycles. The highest BCUT2D eigenvalue weighted by Crippen LogP contribution is 2.14. The van der Waals surface area contributed by atoms with Crippen molar-refractivity contribution >= 4 is 6.29 Å². The quantitative estimate of drug-likeness (QED) is 0.414. The summed E-state index contributed by atoms with van der Waals surface area (Å²) in [4.78, 5) is 10.2. The number of rotatable bonds is 8. The molecule has 0 saturated carbocycles. The Hall–Kier alpha value is -0.330. The van der Waals surface area contributed by atoms with Gasteiger partial charge in [0, 0.05) is 6.42 Å². The van der Waals surface area contributed by atoms with Crippen molar-refractivity contribution in [3.63, 3.8) is 0 Å². The van der Waals surface area contributed by atoms with Crippen LogP contribution < -0.4 is 0 Å². The molecule has 0 aromatic carbocycles. The van der Waals surface area contributed by atoms with Crippen molar-refractivity contribution in [1.29, 1.82) is 0 Å². The number of carbonyl (C=O) groups excluding carboxylic acids is 1. The van der Waals surface area contributed by atoms with Crippen molar-refractivity contribution in [2.24, 2.45) is 11.8 Å². The average Bonchev–Trinajstić information content (AvgIpc) is 2.03. The van der Waals surface area contributed by atoms with Gasteiger partial charge in [0.2, 0.25) is 0 Å². The summed E-state index contributed by atoms with van der Waals surface area (Å²) in [5.74, 6) is 1.43. The van der Waals surface area contributed by atoms with E-state index in [4.69, 9.17) is 0 Å². The predicted octanol–water partition coefficient (Wildman–Crippen LogP) is 3.82. The highest BCUT2D eigenvalue weighted by Gasteiger charge is 2.00. The second kappa shape index (κ2) is 8.28. The van der Waals surface area contributed by atoms with E-state index in [0.29, 0.717) is 5.92 Å². The van der Waals surface area contributed by atoms with Crippen LogP contribution in [0.1, 0.15) is 59.3 Å². The molecule has 0 radical (unpaired) electrons. The van der Waals surface area contributed by atoms with Gasteiger partial charge in [-0.1, -0.05) is 52.9 Å². The third-order valence-corrected chi connectivity index (χ3v) is 2.48. The fourth-order valence-electron chi connectivity index (χ4n) is 1.50. The van der Waals surface area contributed by atoms with E-state index < -0.39 is 0 Å². The minimum absolute atomic E-state index is 0.594. The van der Waals surface area contributed by atoms with Gasteiger partial charge in [0.1, 0.15) is 6.29 Å². The summed E-state index contributed by atoms with van der Waals surface area (Å²) in [6.45, 7) is 6.71. The number of hydrogen-bond donors (Lipinski definition) is 0. The van der Waals surface area contributed by atoms with E-state index in [1.54, 1.807) is 0 Å². The van der Waals surface area contributed by atoms with Crippen molar-refractivity contribution in [2.45, 2.75) is 59.3 Å². The van der Waals surface area contributed by atoms with Gasteiger partial charge in [-0.2, -0.15) is 0 Å². The number of carbonyl (C=O) groups is 1. The molecule has 1 heteroatoms. The minimum Gasteiger partial charge on any atom is -0.303 e. The van der Waals surface area contributed by atoms with Crippen LogP contribution in [0.3, 0.4) is 0 Å². The predicted molar refractivity (Wildman–Crippen MR) is 57.8 cm³/mol.